The molecule has 3 fully saturated rings. The number of fused-ring (bicyclic) bond motifs is 1. The van der Waals surface area contributed by atoms with Crippen LogP contribution in [0.4, 0.5) is 0 Å². The smallest absolute Gasteiger partial charge is 0.310 e. The SMILES string of the molecule is O=C(O[C@@H](CCl)C(=O)c1ccccc1)[C@H]1[C@@H]2C[C@H]3[C@@H]1C(=O)O[C@@H]3C2. The maximum atomic E-state index is 12.6. The Hall–Kier alpha value is -1.88. The van der Waals surface area contributed by atoms with Crippen LogP contribution in [0.5, 0.6) is 0 Å². The van der Waals surface area contributed by atoms with Crippen molar-refractivity contribution in [3.63, 3.8) is 0 Å². The molecule has 6 atom stereocenters. The van der Waals surface area contributed by atoms with Crippen molar-refractivity contribution < 1.29 is 23.9 Å². The van der Waals surface area contributed by atoms with Gasteiger partial charge in [0.15, 0.2) is 6.10 Å². The zero-order valence-electron chi connectivity index (χ0n) is 12.9. The van der Waals surface area contributed by atoms with E-state index >= 15 is 0 Å². The van der Waals surface area contributed by atoms with Gasteiger partial charge in [-0.15, -0.1) is 11.6 Å². The number of alkyl halides is 1. The van der Waals surface area contributed by atoms with Crippen LogP contribution in [0.2, 0.25) is 0 Å². The third kappa shape index (κ3) is 2.34. The van der Waals surface area contributed by atoms with Crippen LogP contribution in [0.3, 0.4) is 0 Å². The fourth-order valence-corrected chi connectivity index (χ4v) is 4.69. The predicted octanol–water partition coefficient (Wildman–Crippen LogP) is 2.22. The van der Waals surface area contributed by atoms with Crippen molar-refractivity contribution in [1.82, 2.24) is 0 Å². The van der Waals surface area contributed by atoms with E-state index in [1.165, 1.54) is 0 Å². The number of esters is 2. The van der Waals surface area contributed by atoms with Gasteiger partial charge >= 0.3 is 11.9 Å². The van der Waals surface area contributed by atoms with E-state index in [1.807, 2.05) is 0 Å². The highest BCUT2D eigenvalue weighted by Gasteiger charge is 2.64. The van der Waals surface area contributed by atoms with Crippen LogP contribution >= 0.6 is 11.6 Å². The lowest BCUT2D eigenvalue weighted by molar-refractivity contribution is -0.157. The van der Waals surface area contributed by atoms with Gasteiger partial charge < -0.3 is 9.47 Å². The van der Waals surface area contributed by atoms with Gasteiger partial charge in [-0.3, -0.25) is 14.4 Å². The number of Topliss-reactive ketones (excluding diaryl/α,β-unsaturated/α-hetero) is 1. The van der Waals surface area contributed by atoms with Crippen LogP contribution in [0.25, 0.3) is 0 Å². The monoisotopic (exact) mass is 348 g/mol. The van der Waals surface area contributed by atoms with Crippen LogP contribution in [-0.4, -0.2) is 35.8 Å². The molecular formula is C18H17ClO5. The van der Waals surface area contributed by atoms with Crippen LogP contribution in [0.15, 0.2) is 30.3 Å². The van der Waals surface area contributed by atoms with Gasteiger partial charge in [0, 0.05) is 11.5 Å². The minimum absolute atomic E-state index is 0.0358. The minimum atomic E-state index is -1.03. The van der Waals surface area contributed by atoms with Gasteiger partial charge in [0.2, 0.25) is 5.78 Å². The van der Waals surface area contributed by atoms with E-state index < -0.39 is 23.9 Å². The molecule has 1 aromatic carbocycles. The van der Waals surface area contributed by atoms with Gasteiger partial charge in [-0.1, -0.05) is 30.3 Å². The summed E-state index contributed by atoms with van der Waals surface area (Å²) in [4.78, 5) is 37.1. The topological polar surface area (TPSA) is 69.7 Å². The fourth-order valence-electron chi connectivity index (χ4n) is 4.49. The summed E-state index contributed by atoms with van der Waals surface area (Å²) in [5, 5.41) is 0. The average Bonchev–Trinajstić information content (AvgIpc) is 3.21. The van der Waals surface area contributed by atoms with Crippen LogP contribution in [0, 0.1) is 23.7 Å². The molecule has 0 aromatic heterocycles. The summed E-state index contributed by atoms with van der Waals surface area (Å²) in [6.07, 6.45) is 0.462. The normalized spacial score (nSPS) is 34.0. The number of halogens is 1. The van der Waals surface area contributed by atoms with E-state index in [4.69, 9.17) is 21.1 Å². The lowest BCUT2D eigenvalue weighted by atomic mass is 9.80. The van der Waals surface area contributed by atoms with Crippen molar-refractivity contribution in [3.8, 4) is 0 Å². The Labute approximate surface area is 144 Å². The number of benzene rings is 1. The molecule has 3 aliphatic rings. The number of ether oxygens (including phenoxy) is 2. The van der Waals surface area contributed by atoms with Crippen molar-refractivity contribution in [2.75, 3.05) is 5.88 Å². The molecule has 0 amide bonds. The molecule has 2 aliphatic carbocycles. The summed E-state index contributed by atoms with van der Waals surface area (Å²) in [7, 11) is 0. The molecule has 4 rings (SSSR count). The highest BCUT2D eigenvalue weighted by molar-refractivity contribution is 6.21. The van der Waals surface area contributed by atoms with E-state index in [-0.39, 0.29) is 35.6 Å². The lowest BCUT2D eigenvalue weighted by Crippen LogP contribution is -2.38. The van der Waals surface area contributed by atoms with Crippen molar-refractivity contribution in [2.24, 2.45) is 23.7 Å². The first-order valence-electron chi connectivity index (χ1n) is 8.16. The second-order valence-electron chi connectivity index (χ2n) is 6.73. The Kier molecular flexibility index (Phi) is 3.83. The summed E-state index contributed by atoms with van der Waals surface area (Å²) < 4.78 is 10.8. The minimum Gasteiger partial charge on any atom is -0.462 e. The molecule has 2 saturated carbocycles. The van der Waals surface area contributed by atoms with E-state index in [9.17, 15) is 14.4 Å². The Bertz CT molecular complexity index is 686. The molecular weight excluding hydrogens is 332 g/mol. The first-order chi connectivity index (χ1) is 11.6. The molecule has 24 heavy (non-hydrogen) atoms. The second kappa shape index (κ2) is 5.88. The van der Waals surface area contributed by atoms with Gasteiger partial charge in [0.25, 0.3) is 0 Å². The average molecular weight is 349 g/mol. The summed E-state index contributed by atoms with van der Waals surface area (Å²) in [6.45, 7) is 0. The Morgan fingerprint density at radius 3 is 2.71 bits per heavy atom. The molecule has 0 radical (unpaired) electrons. The molecule has 1 heterocycles. The van der Waals surface area contributed by atoms with Crippen molar-refractivity contribution in [1.29, 1.82) is 0 Å². The molecule has 6 heteroatoms. The lowest BCUT2D eigenvalue weighted by Gasteiger charge is -2.24. The maximum absolute atomic E-state index is 12.6. The van der Waals surface area contributed by atoms with Crippen molar-refractivity contribution in [2.45, 2.75) is 25.0 Å². The van der Waals surface area contributed by atoms with Crippen molar-refractivity contribution >= 4 is 29.3 Å². The third-order valence-corrected chi connectivity index (χ3v) is 5.78. The van der Waals surface area contributed by atoms with Gasteiger partial charge in [-0.05, 0) is 18.8 Å². The highest BCUT2D eigenvalue weighted by Crippen LogP contribution is 2.58. The molecule has 2 bridgehead atoms. The zero-order valence-corrected chi connectivity index (χ0v) is 13.6. The number of hydrogen-bond acceptors (Lipinski definition) is 5. The molecule has 1 aromatic rings. The number of hydrogen-bond donors (Lipinski definition) is 0. The quantitative estimate of drug-likeness (QED) is 0.463. The van der Waals surface area contributed by atoms with E-state index in [0.717, 1.165) is 6.42 Å². The molecule has 0 N–H and O–H groups in total. The van der Waals surface area contributed by atoms with Gasteiger partial charge in [-0.25, -0.2) is 0 Å². The Morgan fingerprint density at radius 1 is 1.25 bits per heavy atom. The largest absolute Gasteiger partial charge is 0.462 e. The summed E-state index contributed by atoms with van der Waals surface area (Å²) >= 11 is 5.86. The molecule has 126 valence electrons. The summed E-state index contributed by atoms with van der Waals surface area (Å²) in [5.74, 6) is -1.93. The number of rotatable bonds is 5. The predicted molar refractivity (Wildman–Crippen MR) is 84.4 cm³/mol. The van der Waals surface area contributed by atoms with Gasteiger partial charge in [-0.2, -0.15) is 0 Å². The van der Waals surface area contributed by atoms with Crippen molar-refractivity contribution in [3.05, 3.63) is 35.9 Å². The number of carbonyl (C=O) groups excluding carboxylic acids is 3. The maximum Gasteiger partial charge on any atom is 0.310 e. The van der Waals surface area contributed by atoms with E-state index in [0.29, 0.717) is 12.0 Å². The number of carbonyl (C=O) groups is 3. The Balaban J connectivity index is 1.49. The summed E-state index contributed by atoms with van der Waals surface area (Å²) in [6, 6.07) is 8.60. The van der Waals surface area contributed by atoms with E-state index in [2.05, 4.69) is 0 Å². The van der Waals surface area contributed by atoms with Gasteiger partial charge in [0.1, 0.15) is 6.10 Å². The fraction of sp³-hybridized carbons (Fsp3) is 0.500. The molecule has 5 nitrogen and oxygen atoms in total. The molecule has 1 aliphatic heterocycles. The molecule has 0 spiro atoms. The van der Waals surface area contributed by atoms with Gasteiger partial charge in [0.05, 0.1) is 17.7 Å². The highest BCUT2D eigenvalue weighted by atomic mass is 35.5. The summed E-state index contributed by atoms with van der Waals surface area (Å²) in [5.41, 5.74) is 0.448. The van der Waals surface area contributed by atoms with E-state index in [1.54, 1.807) is 30.3 Å². The van der Waals surface area contributed by atoms with Crippen LogP contribution in [0.1, 0.15) is 23.2 Å². The molecule has 1 saturated heterocycles. The van der Waals surface area contributed by atoms with Crippen LogP contribution in [-0.2, 0) is 19.1 Å². The number of ketones is 1. The Morgan fingerprint density at radius 2 is 2.00 bits per heavy atom. The zero-order chi connectivity index (χ0) is 16.8. The molecule has 0 unspecified atom stereocenters. The first kappa shape index (κ1) is 15.6. The van der Waals surface area contributed by atoms with Crippen LogP contribution < -0.4 is 0 Å². The third-order valence-electron chi connectivity index (χ3n) is 5.50. The second-order valence-corrected chi connectivity index (χ2v) is 7.04. The standard InChI is InChI=1S/C18H17ClO5/c19-8-13(16(20)9-4-2-1-3-5-9)24-17(21)14-10-6-11-12(7-10)23-18(22)15(11)14/h1-5,10-15H,6-8H2/t10-,11-,12-,13+,14+,15+/m1/s1. The first-order valence-corrected chi connectivity index (χ1v) is 8.70.